The molecule has 0 saturated heterocycles. The number of hydrogen-bond acceptors (Lipinski definition) is 10. The van der Waals surface area contributed by atoms with Crippen LogP contribution in [0.25, 0.3) is 0 Å². The lowest BCUT2D eigenvalue weighted by atomic mass is 9.83. The summed E-state index contributed by atoms with van der Waals surface area (Å²) in [6, 6.07) is 13.2. The number of allylic oxidation sites excluding steroid dienone is 1. The van der Waals surface area contributed by atoms with Crippen molar-refractivity contribution in [3.63, 3.8) is 0 Å². The number of esters is 1. The molecular weight excluding hydrogens is 478 g/mol. The van der Waals surface area contributed by atoms with Crippen molar-refractivity contribution in [2.75, 3.05) is 33.6 Å². The molecule has 2 aromatic rings. The van der Waals surface area contributed by atoms with Gasteiger partial charge < -0.3 is 24.8 Å². The van der Waals surface area contributed by atoms with Crippen LogP contribution in [0.5, 0.6) is 5.75 Å². The molecule has 10 heteroatoms. The van der Waals surface area contributed by atoms with Crippen LogP contribution in [0.4, 0.5) is 0 Å². The Hall–Kier alpha value is -3.99. The predicted octanol–water partition coefficient (Wildman–Crippen LogP) is 2.98. The van der Waals surface area contributed by atoms with E-state index in [0.29, 0.717) is 21.9 Å². The van der Waals surface area contributed by atoms with Crippen molar-refractivity contribution in [2.45, 2.75) is 23.9 Å². The molecule has 4 rings (SSSR count). The van der Waals surface area contributed by atoms with Crippen LogP contribution in [0.2, 0.25) is 0 Å². The molecule has 0 unspecified atom stereocenters. The number of methoxy groups -OCH3 is 2. The second-order valence-corrected chi connectivity index (χ2v) is 9.33. The number of fused-ring (bicyclic) bond motifs is 1. The summed E-state index contributed by atoms with van der Waals surface area (Å²) in [6.07, 6.45) is 0.789. The Morgan fingerprint density at radius 3 is 2.81 bits per heavy atom. The van der Waals surface area contributed by atoms with Gasteiger partial charge in [0.2, 0.25) is 5.88 Å². The molecule has 2 aliphatic rings. The second kappa shape index (κ2) is 10.7. The zero-order chi connectivity index (χ0) is 25.8. The van der Waals surface area contributed by atoms with Crippen molar-refractivity contribution in [1.82, 2.24) is 9.88 Å². The molecule has 1 atom stereocenters. The maximum absolute atomic E-state index is 13.0. The molecule has 2 aliphatic heterocycles. The highest BCUT2D eigenvalue weighted by molar-refractivity contribution is 7.99. The third-order valence-corrected chi connectivity index (χ3v) is 7.11. The van der Waals surface area contributed by atoms with E-state index in [1.54, 1.807) is 24.3 Å². The number of thioether (sulfide) groups is 1. The van der Waals surface area contributed by atoms with E-state index in [9.17, 15) is 15.3 Å². The minimum Gasteiger partial charge on any atom is -0.497 e. The van der Waals surface area contributed by atoms with Gasteiger partial charge in [0.15, 0.2) is 0 Å². The Morgan fingerprint density at radius 1 is 1.31 bits per heavy atom. The number of likely N-dealkylation sites (N-methyl/N-ethyl adjacent to an activating group) is 1. The van der Waals surface area contributed by atoms with Gasteiger partial charge in [-0.25, -0.2) is 9.78 Å². The van der Waals surface area contributed by atoms with Gasteiger partial charge >= 0.3 is 5.97 Å². The first-order valence-corrected chi connectivity index (χ1v) is 12.2. The SMILES string of the molecule is COC(=O)C1=C(CSc2nc3c(cc2C#N)CN(C)CC3)OC(N)=C(C#N)[C@@H]1c1cccc(OC)c1. The van der Waals surface area contributed by atoms with Crippen LogP contribution in [-0.2, 0) is 27.2 Å². The van der Waals surface area contributed by atoms with Crippen LogP contribution in [0, 0.1) is 22.7 Å². The van der Waals surface area contributed by atoms with Crippen molar-refractivity contribution in [3.05, 3.63) is 75.5 Å². The molecule has 2 N–H and O–H groups in total. The first-order valence-electron chi connectivity index (χ1n) is 11.2. The highest BCUT2D eigenvalue weighted by Crippen LogP contribution is 2.42. The summed E-state index contributed by atoms with van der Waals surface area (Å²) in [7, 11) is 4.84. The Morgan fingerprint density at radius 2 is 2.11 bits per heavy atom. The lowest BCUT2D eigenvalue weighted by Crippen LogP contribution is -2.27. The van der Waals surface area contributed by atoms with Crippen molar-refractivity contribution < 1.29 is 19.0 Å². The topological polar surface area (TPSA) is 134 Å². The summed E-state index contributed by atoms with van der Waals surface area (Å²) in [5.74, 6) is -0.553. The van der Waals surface area contributed by atoms with E-state index in [-0.39, 0.29) is 28.5 Å². The van der Waals surface area contributed by atoms with Crippen LogP contribution >= 0.6 is 11.8 Å². The Balaban J connectivity index is 1.75. The molecule has 1 aromatic heterocycles. The van der Waals surface area contributed by atoms with Crippen LogP contribution in [0.3, 0.4) is 0 Å². The number of benzene rings is 1. The summed E-state index contributed by atoms with van der Waals surface area (Å²) >= 11 is 1.28. The van der Waals surface area contributed by atoms with Gasteiger partial charge in [-0.3, -0.25) is 0 Å². The van der Waals surface area contributed by atoms with E-state index in [0.717, 1.165) is 30.8 Å². The standard InChI is InChI=1S/C26H25N5O4S/c1-31-8-7-20-17(13-31)9-16(11-27)25(30-20)36-14-21-23(26(32)34-3)22(19(12-28)24(29)35-21)15-5-4-6-18(10-15)33-2/h4-6,9-10,22H,7-8,13-14,29H2,1-3H3/t22-/m0/s1. The maximum Gasteiger partial charge on any atom is 0.338 e. The van der Waals surface area contributed by atoms with Crippen LogP contribution in [0.1, 0.15) is 28.3 Å². The fourth-order valence-corrected chi connectivity index (χ4v) is 5.25. The quantitative estimate of drug-likeness (QED) is 0.463. The number of rotatable bonds is 6. The monoisotopic (exact) mass is 503 g/mol. The summed E-state index contributed by atoms with van der Waals surface area (Å²) in [5, 5.41) is 20.1. The van der Waals surface area contributed by atoms with Gasteiger partial charge in [0.25, 0.3) is 0 Å². The molecule has 36 heavy (non-hydrogen) atoms. The van der Waals surface area contributed by atoms with E-state index in [1.165, 1.54) is 26.0 Å². The minimum atomic E-state index is -0.802. The number of carbonyl (C=O) groups is 1. The van der Waals surface area contributed by atoms with Gasteiger partial charge in [0, 0.05) is 25.2 Å². The molecule has 0 amide bonds. The first-order chi connectivity index (χ1) is 17.4. The van der Waals surface area contributed by atoms with Crippen molar-refractivity contribution in [1.29, 1.82) is 10.5 Å². The van der Waals surface area contributed by atoms with Gasteiger partial charge in [0.05, 0.1) is 37.0 Å². The highest BCUT2D eigenvalue weighted by atomic mass is 32.2. The van der Waals surface area contributed by atoms with Gasteiger partial charge in [-0.15, -0.1) is 0 Å². The summed E-state index contributed by atoms with van der Waals surface area (Å²) in [4.78, 5) is 19.9. The molecule has 0 aliphatic carbocycles. The average Bonchev–Trinajstić information content (AvgIpc) is 2.90. The molecule has 0 saturated carbocycles. The third kappa shape index (κ3) is 4.87. The summed E-state index contributed by atoms with van der Waals surface area (Å²) in [5.41, 5.74) is 9.50. The minimum absolute atomic E-state index is 0.0875. The summed E-state index contributed by atoms with van der Waals surface area (Å²) in [6.45, 7) is 1.63. The average molecular weight is 504 g/mol. The molecule has 1 aromatic carbocycles. The van der Waals surface area contributed by atoms with Gasteiger partial charge in [-0.05, 0) is 36.4 Å². The van der Waals surface area contributed by atoms with Crippen molar-refractivity contribution >= 4 is 17.7 Å². The van der Waals surface area contributed by atoms with E-state index >= 15 is 0 Å². The molecule has 0 spiro atoms. The van der Waals surface area contributed by atoms with E-state index in [1.807, 2.05) is 13.1 Å². The lowest BCUT2D eigenvalue weighted by Gasteiger charge is -2.28. The fourth-order valence-electron chi connectivity index (χ4n) is 4.33. The van der Waals surface area contributed by atoms with Crippen molar-refractivity contribution in [3.8, 4) is 17.9 Å². The lowest BCUT2D eigenvalue weighted by molar-refractivity contribution is -0.136. The van der Waals surface area contributed by atoms with Gasteiger partial charge in [-0.1, -0.05) is 23.9 Å². The largest absolute Gasteiger partial charge is 0.497 e. The Bertz CT molecular complexity index is 1360. The molecule has 0 fully saturated rings. The molecule has 0 radical (unpaired) electrons. The smallest absolute Gasteiger partial charge is 0.338 e. The predicted molar refractivity (Wildman–Crippen MR) is 132 cm³/mol. The number of carbonyl (C=O) groups excluding carboxylic acids is 1. The third-order valence-electron chi connectivity index (χ3n) is 6.12. The van der Waals surface area contributed by atoms with Crippen molar-refractivity contribution in [2.24, 2.45) is 5.73 Å². The second-order valence-electron chi connectivity index (χ2n) is 8.37. The molecule has 0 bridgehead atoms. The van der Waals surface area contributed by atoms with Crippen LogP contribution in [-0.4, -0.2) is 49.4 Å². The molecule has 9 nitrogen and oxygen atoms in total. The molecular formula is C26H25N5O4S. The van der Waals surface area contributed by atoms with Crippen LogP contribution < -0.4 is 10.5 Å². The van der Waals surface area contributed by atoms with Gasteiger partial charge in [0.1, 0.15) is 34.2 Å². The number of nitrogens with two attached hydrogens (primary N) is 1. The Kier molecular flexibility index (Phi) is 7.49. The van der Waals surface area contributed by atoms with Crippen LogP contribution in [0.15, 0.2) is 58.1 Å². The van der Waals surface area contributed by atoms with E-state index in [2.05, 4.69) is 17.0 Å². The first kappa shape index (κ1) is 25.1. The van der Waals surface area contributed by atoms with Gasteiger partial charge in [-0.2, -0.15) is 10.5 Å². The number of aromatic nitrogens is 1. The number of ether oxygens (including phenoxy) is 3. The fraction of sp³-hybridized carbons (Fsp3) is 0.308. The van der Waals surface area contributed by atoms with E-state index in [4.69, 9.17) is 24.9 Å². The summed E-state index contributed by atoms with van der Waals surface area (Å²) < 4.78 is 16.2. The highest BCUT2D eigenvalue weighted by Gasteiger charge is 2.37. The Labute approximate surface area is 213 Å². The van der Waals surface area contributed by atoms with E-state index < -0.39 is 11.9 Å². The molecule has 3 heterocycles. The molecule has 184 valence electrons. The number of nitriles is 2. The normalized spacial score (nSPS) is 17.5. The number of pyridine rings is 1. The zero-order valence-corrected chi connectivity index (χ0v) is 21.0. The number of nitrogens with zero attached hydrogens (tertiary/aromatic N) is 4. The zero-order valence-electron chi connectivity index (χ0n) is 20.2. The number of hydrogen-bond donors (Lipinski definition) is 1. The maximum atomic E-state index is 13.0.